The third-order valence-electron chi connectivity index (χ3n) is 6.05. The first-order chi connectivity index (χ1) is 13.3. The monoisotopic (exact) mass is 424 g/mol. The normalized spacial score (nSPS) is 24.3. The molecule has 7 heteroatoms. The fraction of sp³-hybridized carbons (Fsp3) is 0.409. The summed E-state index contributed by atoms with van der Waals surface area (Å²) < 4.78 is 39.6. The van der Waals surface area contributed by atoms with Gasteiger partial charge in [-0.1, -0.05) is 48.5 Å². The molecule has 2 fully saturated rings. The van der Waals surface area contributed by atoms with Crippen LogP contribution in [0.3, 0.4) is 0 Å². The number of hydrogen-bond acceptors (Lipinski definition) is 2. The highest BCUT2D eigenvalue weighted by molar-refractivity contribution is 5.85. The number of alkyl halides is 3. The molecule has 1 amide bonds. The van der Waals surface area contributed by atoms with Gasteiger partial charge in [-0.2, -0.15) is 13.2 Å². The van der Waals surface area contributed by atoms with E-state index in [1.165, 1.54) is 17.7 Å². The van der Waals surface area contributed by atoms with Gasteiger partial charge in [0.05, 0.1) is 12.0 Å². The molecule has 3 atom stereocenters. The molecular formula is C22H24ClF3N2O. The first-order valence-electron chi connectivity index (χ1n) is 9.52. The SMILES string of the molecule is CN1C[C@H]2CN(C(=O)Cc3ccccc3C(F)(F)F)C[C@H]2[C@@H]1c1ccccc1.Cl. The van der Waals surface area contributed by atoms with Crippen LogP contribution >= 0.6 is 12.4 Å². The van der Waals surface area contributed by atoms with Gasteiger partial charge in [-0.25, -0.2) is 0 Å². The van der Waals surface area contributed by atoms with Crippen molar-refractivity contribution in [3.05, 3.63) is 71.3 Å². The molecule has 156 valence electrons. The van der Waals surface area contributed by atoms with Crippen LogP contribution in [0.4, 0.5) is 13.2 Å². The van der Waals surface area contributed by atoms with Crippen LogP contribution in [-0.4, -0.2) is 42.4 Å². The molecule has 29 heavy (non-hydrogen) atoms. The molecule has 0 unspecified atom stereocenters. The summed E-state index contributed by atoms with van der Waals surface area (Å²) in [5.41, 5.74) is 0.563. The van der Waals surface area contributed by atoms with Crippen molar-refractivity contribution in [3.63, 3.8) is 0 Å². The van der Waals surface area contributed by atoms with Gasteiger partial charge in [0.25, 0.3) is 0 Å². The van der Waals surface area contributed by atoms with Crippen LogP contribution < -0.4 is 0 Å². The molecule has 0 bridgehead atoms. The Morgan fingerprint density at radius 2 is 1.66 bits per heavy atom. The van der Waals surface area contributed by atoms with Gasteiger partial charge in [-0.15, -0.1) is 12.4 Å². The summed E-state index contributed by atoms with van der Waals surface area (Å²) in [5.74, 6) is 0.451. The average molecular weight is 425 g/mol. The first-order valence-corrected chi connectivity index (χ1v) is 9.52. The fourth-order valence-electron chi connectivity index (χ4n) is 4.84. The number of halogens is 4. The number of likely N-dealkylation sites (tertiary alicyclic amines) is 2. The zero-order valence-electron chi connectivity index (χ0n) is 16.1. The largest absolute Gasteiger partial charge is 0.416 e. The second-order valence-corrected chi connectivity index (χ2v) is 7.85. The molecule has 2 aliphatic heterocycles. The van der Waals surface area contributed by atoms with Crippen LogP contribution in [-0.2, 0) is 17.4 Å². The summed E-state index contributed by atoms with van der Waals surface area (Å²) in [4.78, 5) is 16.9. The quantitative estimate of drug-likeness (QED) is 0.727. The van der Waals surface area contributed by atoms with Gasteiger partial charge < -0.3 is 4.90 Å². The number of carbonyl (C=O) groups excluding carboxylic acids is 1. The Hall–Kier alpha value is -2.05. The Bertz CT molecular complexity index is 859. The number of carbonyl (C=O) groups is 1. The number of amides is 1. The number of hydrogen-bond donors (Lipinski definition) is 0. The third-order valence-corrected chi connectivity index (χ3v) is 6.05. The van der Waals surface area contributed by atoms with Crippen molar-refractivity contribution in [1.82, 2.24) is 9.80 Å². The molecule has 2 saturated heterocycles. The third kappa shape index (κ3) is 4.28. The number of benzene rings is 2. The Balaban J connectivity index is 0.00000240. The van der Waals surface area contributed by atoms with Crippen LogP contribution in [0.2, 0.25) is 0 Å². The summed E-state index contributed by atoms with van der Waals surface area (Å²) in [6.07, 6.45) is -4.65. The lowest BCUT2D eigenvalue weighted by Gasteiger charge is -2.27. The van der Waals surface area contributed by atoms with Gasteiger partial charge in [0.1, 0.15) is 0 Å². The molecule has 2 heterocycles. The van der Waals surface area contributed by atoms with Crippen LogP contribution in [0, 0.1) is 11.8 Å². The van der Waals surface area contributed by atoms with E-state index in [0.29, 0.717) is 24.9 Å². The van der Waals surface area contributed by atoms with Gasteiger partial charge in [0.2, 0.25) is 5.91 Å². The molecule has 0 N–H and O–H groups in total. The zero-order chi connectivity index (χ0) is 19.9. The van der Waals surface area contributed by atoms with E-state index in [9.17, 15) is 18.0 Å². The highest BCUT2D eigenvalue weighted by atomic mass is 35.5. The van der Waals surface area contributed by atoms with Crippen LogP contribution in [0.25, 0.3) is 0 Å². The molecule has 0 aromatic heterocycles. The van der Waals surface area contributed by atoms with E-state index in [0.717, 1.165) is 12.6 Å². The highest BCUT2D eigenvalue weighted by Gasteiger charge is 2.47. The lowest BCUT2D eigenvalue weighted by molar-refractivity contribution is -0.138. The first kappa shape index (κ1) is 21.7. The summed E-state index contributed by atoms with van der Waals surface area (Å²) in [5, 5.41) is 0. The molecule has 3 nitrogen and oxygen atoms in total. The fourth-order valence-corrected chi connectivity index (χ4v) is 4.84. The van der Waals surface area contributed by atoms with Gasteiger partial charge in [-0.3, -0.25) is 9.69 Å². The topological polar surface area (TPSA) is 23.6 Å². The number of fused-ring (bicyclic) bond motifs is 1. The molecule has 2 aromatic carbocycles. The maximum Gasteiger partial charge on any atom is 0.416 e. The molecule has 4 rings (SSSR count). The molecule has 0 radical (unpaired) electrons. The van der Waals surface area contributed by atoms with Crippen molar-refractivity contribution in [2.24, 2.45) is 11.8 Å². The van der Waals surface area contributed by atoms with E-state index in [1.54, 1.807) is 11.0 Å². The van der Waals surface area contributed by atoms with E-state index in [-0.39, 0.29) is 36.3 Å². The molecule has 0 saturated carbocycles. The molecule has 2 aliphatic rings. The van der Waals surface area contributed by atoms with E-state index < -0.39 is 11.7 Å². The molecule has 0 spiro atoms. The number of nitrogens with zero attached hydrogens (tertiary/aromatic N) is 2. The van der Waals surface area contributed by atoms with E-state index >= 15 is 0 Å². The Kier molecular flexibility index (Phi) is 6.24. The predicted molar refractivity (Wildman–Crippen MR) is 108 cm³/mol. The zero-order valence-corrected chi connectivity index (χ0v) is 16.9. The predicted octanol–water partition coefficient (Wildman–Crippen LogP) is 4.43. The van der Waals surface area contributed by atoms with Crippen molar-refractivity contribution in [3.8, 4) is 0 Å². The van der Waals surface area contributed by atoms with Crippen molar-refractivity contribution in [1.29, 1.82) is 0 Å². The lowest BCUT2D eigenvalue weighted by atomic mass is 9.90. The Morgan fingerprint density at radius 1 is 1.00 bits per heavy atom. The van der Waals surface area contributed by atoms with Gasteiger partial charge >= 0.3 is 6.18 Å². The molecular weight excluding hydrogens is 401 g/mol. The van der Waals surface area contributed by atoms with Crippen molar-refractivity contribution < 1.29 is 18.0 Å². The Labute approximate surface area is 174 Å². The molecule has 0 aliphatic carbocycles. The van der Waals surface area contributed by atoms with Gasteiger partial charge in [0, 0.05) is 31.6 Å². The second kappa shape index (κ2) is 8.36. The summed E-state index contributed by atoms with van der Waals surface area (Å²) in [6.45, 7) is 2.11. The average Bonchev–Trinajstić information content (AvgIpc) is 3.18. The second-order valence-electron chi connectivity index (χ2n) is 7.85. The van der Waals surface area contributed by atoms with E-state index in [2.05, 4.69) is 24.1 Å². The van der Waals surface area contributed by atoms with Gasteiger partial charge in [-0.05, 0) is 30.2 Å². The van der Waals surface area contributed by atoms with Gasteiger partial charge in [0.15, 0.2) is 0 Å². The minimum Gasteiger partial charge on any atom is -0.342 e. The summed E-state index contributed by atoms with van der Waals surface area (Å²) in [6, 6.07) is 15.8. The highest BCUT2D eigenvalue weighted by Crippen LogP contribution is 2.44. The van der Waals surface area contributed by atoms with Crippen LogP contribution in [0.5, 0.6) is 0 Å². The maximum atomic E-state index is 13.2. The van der Waals surface area contributed by atoms with Crippen LogP contribution in [0.1, 0.15) is 22.7 Å². The smallest absolute Gasteiger partial charge is 0.342 e. The van der Waals surface area contributed by atoms with Crippen molar-refractivity contribution in [2.75, 3.05) is 26.7 Å². The lowest BCUT2D eigenvalue weighted by Crippen LogP contribution is -2.34. The number of rotatable bonds is 3. The Morgan fingerprint density at radius 3 is 2.34 bits per heavy atom. The molecule has 2 aromatic rings. The van der Waals surface area contributed by atoms with Crippen LogP contribution in [0.15, 0.2) is 54.6 Å². The minimum absolute atomic E-state index is 0. The van der Waals surface area contributed by atoms with E-state index in [1.807, 2.05) is 18.2 Å². The summed E-state index contributed by atoms with van der Waals surface area (Å²) in [7, 11) is 2.10. The summed E-state index contributed by atoms with van der Waals surface area (Å²) >= 11 is 0. The standard InChI is InChI=1S/C22H23F3N2O.ClH/c1-26-12-17-13-27(14-18(17)21(26)15-7-3-2-4-8-15)20(28)11-16-9-5-6-10-19(16)22(23,24)25;/h2-10,17-18,21H,11-14H2,1H3;1H/t17-,18+,21-;/m0./s1. The maximum absolute atomic E-state index is 13.2. The van der Waals surface area contributed by atoms with Crippen molar-refractivity contribution >= 4 is 18.3 Å². The van der Waals surface area contributed by atoms with E-state index in [4.69, 9.17) is 0 Å². The minimum atomic E-state index is -4.44. The van der Waals surface area contributed by atoms with Crippen molar-refractivity contribution in [2.45, 2.75) is 18.6 Å².